The zero-order valence-electron chi connectivity index (χ0n) is 8.62. The molecule has 0 aromatic carbocycles. The second-order valence-electron chi connectivity index (χ2n) is 3.62. The normalized spacial score (nSPS) is 19.9. The first kappa shape index (κ1) is 10.3. The van der Waals surface area contributed by atoms with Crippen molar-refractivity contribution in [3.63, 3.8) is 0 Å². The summed E-state index contributed by atoms with van der Waals surface area (Å²) in [7, 11) is 5.34. The molecule has 0 spiro atoms. The van der Waals surface area contributed by atoms with E-state index in [-0.39, 0.29) is 6.09 Å². The largest absolute Gasteiger partial charge is 0.453 e. The van der Waals surface area contributed by atoms with Crippen LogP contribution in [0, 0.1) is 0 Å². The molecule has 1 amide bonds. The standard InChI is InChI=1S/C9H18N2O2/c1-10-6-4-8(5-7-10)11(2)9(12)13-3/h8H,4-7H2,1-3H3. The molecule has 0 bridgehead atoms. The summed E-state index contributed by atoms with van der Waals surface area (Å²) in [5.74, 6) is 0. The Kier molecular flexibility index (Phi) is 3.54. The van der Waals surface area contributed by atoms with Crippen molar-refractivity contribution in [2.45, 2.75) is 18.9 Å². The van der Waals surface area contributed by atoms with Gasteiger partial charge >= 0.3 is 6.09 Å². The first-order chi connectivity index (χ1) is 6.15. The van der Waals surface area contributed by atoms with E-state index in [9.17, 15) is 4.79 Å². The van der Waals surface area contributed by atoms with E-state index in [0.29, 0.717) is 6.04 Å². The fourth-order valence-electron chi connectivity index (χ4n) is 1.68. The Morgan fingerprint density at radius 3 is 2.46 bits per heavy atom. The van der Waals surface area contributed by atoms with E-state index < -0.39 is 0 Å². The zero-order valence-corrected chi connectivity index (χ0v) is 8.62. The smallest absolute Gasteiger partial charge is 0.409 e. The molecule has 0 aromatic heterocycles. The molecule has 1 fully saturated rings. The van der Waals surface area contributed by atoms with Crippen molar-refractivity contribution in [1.29, 1.82) is 0 Å². The second-order valence-corrected chi connectivity index (χ2v) is 3.62. The van der Waals surface area contributed by atoms with Gasteiger partial charge in [0.1, 0.15) is 0 Å². The molecule has 0 radical (unpaired) electrons. The third-order valence-corrected chi connectivity index (χ3v) is 2.70. The van der Waals surface area contributed by atoms with Crippen molar-refractivity contribution in [1.82, 2.24) is 9.80 Å². The zero-order chi connectivity index (χ0) is 9.84. The Bertz CT molecular complexity index is 176. The average Bonchev–Trinajstić information content (AvgIpc) is 2.17. The van der Waals surface area contributed by atoms with Gasteiger partial charge in [0.25, 0.3) is 0 Å². The van der Waals surface area contributed by atoms with Crippen molar-refractivity contribution < 1.29 is 9.53 Å². The van der Waals surface area contributed by atoms with E-state index in [1.807, 2.05) is 7.05 Å². The molecule has 13 heavy (non-hydrogen) atoms. The van der Waals surface area contributed by atoms with Crippen molar-refractivity contribution in [2.24, 2.45) is 0 Å². The number of amides is 1. The number of ether oxygens (including phenoxy) is 1. The van der Waals surface area contributed by atoms with E-state index in [1.165, 1.54) is 7.11 Å². The van der Waals surface area contributed by atoms with Crippen LogP contribution < -0.4 is 0 Å². The quantitative estimate of drug-likeness (QED) is 0.606. The molecular weight excluding hydrogens is 168 g/mol. The molecule has 4 heteroatoms. The Hall–Kier alpha value is -0.770. The predicted molar refractivity (Wildman–Crippen MR) is 50.7 cm³/mol. The topological polar surface area (TPSA) is 32.8 Å². The number of piperidine rings is 1. The lowest BCUT2D eigenvalue weighted by Gasteiger charge is -2.34. The number of carbonyl (C=O) groups excluding carboxylic acids is 1. The second kappa shape index (κ2) is 4.46. The molecule has 0 atom stereocenters. The van der Waals surface area contributed by atoms with E-state index >= 15 is 0 Å². The highest BCUT2D eigenvalue weighted by Gasteiger charge is 2.23. The first-order valence-corrected chi connectivity index (χ1v) is 4.64. The monoisotopic (exact) mass is 186 g/mol. The molecular formula is C9H18N2O2. The van der Waals surface area contributed by atoms with Gasteiger partial charge in [0.2, 0.25) is 0 Å². The number of rotatable bonds is 1. The minimum absolute atomic E-state index is 0.227. The SMILES string of the molecule is COC(=O)N(C)C1CCN(C)CC1. The molecule has 0 aromatic rings. The molecule has 0 aliphatic carbocycles. The summed E-state index contributed by atoms with van der Waals surface area (Å²) >= 11 is 0. The van der Waals surface area contributed by atoms with Crippen molar-refractivity contribution in [3.8, 4) is 0 Å². The number of likely N-dealkylation sites (tertiary alicyclic amines) is 1. The Labute approximate surface area is 79.4 Å². The van der Waals surface area contributed by atoms with E-state index in [1.54, 1.807) is 4.90 Å². The third-order valence-electron chi connectivity index (χ3n) is 2.70. The molecule has 4 nitrogen and oxygen atoms in total. The molecule has 1 rings (SSSR count). The maximum atomic E-state index is 11.2. The lowest BCUT2D eigenvalue weighted by Crippen LogP contribution is -2.44. The maximum Gasteiger partial charge on any atom is 0.409 e. The summed E-state index contributed by atoms with van der Waals surface area (Å²) in [6, 6.07) is 0.351. The van der Waals surface area contributed by atoms with Gasteiger partial charge in [-0.25, -0.2) is 4.79 Å². The maximum absolute atomic E-state index is 11.2. The number of hydrogen-bond acceptors (Lipinski definition) is 3. The third kappa shape index (κ3) is 2.59. The molecule has 1 aliphatic rings. The summed E-state index contributed by atoms with van der Waals surface area (Å²) in [6.45, 7) is 2.12. The minimum Gasteiger partial charge on any atom is -0.453 e. The fraction of sp³-hybridized carbons (Fsp3) is 0.889. The number of methoxy groups -OCH3 is 1. The highest BCUT2D eigenvalue weighted by atomic mass is 16.5. The van der Waals surface area contributed by atoms with Gasteiger partial charge < -0.3 is 14.5 Å². The van der Waals surface area contributed by atoms with E-state index in [0.717, 1.165) is 25.9 Å². The molecule has 76 valence electrons. The predicted octanol–water partition coefficient (Wildman–Crippen LogP) is 0.779. The van der Waals surface area contributed by atoms with Gasteiger partial charge in [-0.05, 0) is 33.0 Å². The number of nitrogens with zero attached hydrogens (tertiary/aromatic N) is 2. The van der Waals surface area contributed by atoms with Crippen molar-refractivity contribution >= 4 is 6.09 Å². The van der Waals surface area contributed by atoms with Crippen LogP contribution in [0.2, 0.25) is 0 Å². The van der Waals surface area contributed by atoms with E-state index in [4.69, 9.17) is 0 Å². The molecule has 0 unspecified atom stereocenters. The molecule has 0 saturated carbocycles. The Morgan fingerprint density at radius 2 is 2.00 bits per heavy atom. The van der Waals surface area contributed by atoms with E-state index in [2.05, 4.69) is 16.7 Å². The van der Waals surface area contributed by atoms with Crippen LogP contribution in [0.4, 0.5) is 4.79 Å². The van der Waals surface area contributed by atoms with Crippen LogP contribution >= 0.6 is 0 Å². The van der Waals surface area contributed by atoms with Gasteiger partial charge in [-0.1, -0.05) is 0 Å². The summed E-state index contributed by atoms with van der Waals surface area (Å²) in [4.78, 5) is 15.2. The average molecular weight is 186 g/mol. The van der Waals surface area contributed by atoms with Crippen molar-refractivity contribution in [3.05, 3.63) is 0 Å². The van der Waals surface area contributed by atoms with Gasteiger partial charge in [-0.15, -0.1) is 0 Å². The summed E-state index contributed by atoms with van der Waals surface area (Å²) in [5, 5.41) is 0. The first-order valence-electron chi connectivity index (χ1n) is 4.64. The van der Waals surface area contributed by atoms with Crippen LogP contribution in [-0.4, -0.2) is 56.2 Å². The molecule has 1 aliphatic heterocycles. The number of carbonyl (C=O) groups is 1. The highest BCUT2D eigenvalue weighted by molar-refractivity contribution is 5.67. The minimum atomic E-state index is -0.227. The van der Waals surface area contributed by atoms with Gasteiger partial charge in [0, 0.05) is 13.1 Å². The molecule has 0 N–H and O–H groups in total. The molecule has 1 saturated heterocycles. The van der Waals surface area contributed by atoms with Crippen molar-refractivity contribution in [2.75, 3.05) is 34.3 Å². The fourth-order valence-corrected chi connectivity index (χ4v) is 1.68. The lowest BCUT2D eigenvalue weighted by atomic mass is 10.0. The summed E-state index contributed by atoms with van der Waals surface area (Å²) in [5.41, 5.74) is 0. The van der Waals surface area contributed by atoms with Gasteiger partial charge in [0.05, 0.1) is 7.11 Å². The molecule has 1 heterocycles. The van der Waals surface area contributed by atoms with Crippen LogP contribution in [-0.2, 0) is 4.74 Å². The summed E-state index contributed by atoms with van der Waals surface area (Å²) < 4.78 is 4.67. The van der Waals surface area contributed by atoms with Gasteiger partial charge in [-0.3, -0.25) is 0 Å². The summed E-state index contributed by atoms with van der Waals surface area (Å²) in [6.07, 6.45) is 1.86. The van der Waals surface area contributed by atoms with Crippen LogP contribution in [0.5, 0.6) is 0 Å². The lowest BCUT2D eigenvalue weighted by molar-refractivity contribution is 0.0965. The number of hydrogen-bond donors (Lipinski definition) is 0. The van der Waals surface area contributed by atoms with Gasteiger partial charge in [0.15, 0.2) is 0 Å². The van der Waals surface area contributed by atoms with Gasteiger partial charge in [-0.2, -0.15) is 0 Å². The van der Waals surface area contributed by atoms with Crippen LogP contribution in [0.15, 0.2) is 0 Å². The van der Waals surface area contributed by atoms with Crippen LogP contribution in [0.25, 0.3) is 0 Å². The Morgan fingerprint density at radius 1 is 1.46 bits per heavy atom. The van der Waals surface area contributed by atoms with Crippen LogP contribution in [0.1, 0.15) is 12.8 Å². The highest BCUT2D eigenvalue weighted by Crippen LogP contribution is 2.14. The Balaban J connectivity index is 2.39. The van der Waals surface area contributed by atoms with Crippen LogP contribution in [0.3, 0.4) is 0 Å².